The van der Waals surface area contributed by atoms with Crippen molar-refractivity contribution in [3.63, 3.8) is 0 Å². The maximum absolute atomic E-state index is 13.0. The maximum Gasteiger partial charge on any atom is 0.290 e. The Labute approximate surface area is 154 Å². The highest BCUT2D eigenvalue weighted by atomic mass is 16.2. The van der Waals surface area contributed by atoms with Gasteiger partial charge in [-0.15, -0.1) is 0 Å². The van der Waals surface area contributed by atoms with Crippen LogP contribution in [0.5, 0.6) is 0 Å². The zero-order valence-corrected chi connectivity index (χ0v) is 15.9. The van der Waals surface area contributed by atoms with Gasteiger partial charge in [-0.25, -0.2) is 4.98 Å². The fraction of sp³-hybridized carbons (Fsp3) is 0.550. The summed E-state index contributed by atoms with van der Waals surface area (Å²) in [6, 6.07) is 5.58. The van der Waals surface area contributed by atoms with Gasteiger partial charge in [0.15, 0.2) is 5.69 Å². The molecular weight excluding hydrogens is 328 g/mol. The van der Waals surface area contributed by atoms with Crippen molar-refractivity contribution < 1.29 is 9.59 Å². The van der Waals surface area contributed by atoms with Crippen molar-refractivity contribution in [2.75, 3.05) is 26.7 Å². The van der Waals surface area contributed by atoms with Crippen molar-refractivity contribution in [2.45, 2.75) is 39.5 Å². The molecule has 0 aliphatic carbocycles. The van der Waals surface area contributed by atoms with E-state index in [9.17, 15) is 9.59 Å². The second-order valence-corrected chi connectivity index (χ2v) is 7.29. The van der Waals surface area contributed by atoms with Gasteiger partial charge in [0.2, 0.25) is 5.82 Å². The molecule has 0 saturated carbocycles. The normalized spacial score (nSPS) is 15.4. The van der Waals surface area contributed by atoms with Crippen molar-refractivity contribution in [2.24, 2.45) is 5.92 Å². The van der Waals surface area contributed by atoms with Gasteiger partial charge in [0.25, 0.3) is 11.8 Å². The average Bonchev–Trinajstić information content (AvgIpc) is 3.05. The maximum atomic E-state index is 13.0. The van der Waals surface area contributed by atoms with E-state index in [0.29, 0.717) is 29.5 Å². The second-order valence-electron chi connectivity index (χ2n) is 7.29. The Hall–Kier alpha value is -2.37. The van der Waals surface area contributed by atoms with Crippen LogP contribution in [0.15, 0.2) is 24.4 Å². The third-order valence-corrected chi connectivity index (χ3v) is 5.21. The fourth-order valence-electron chi connectivity index (χ4n) is 3.38. The molecule has 0 unspecified atom stereocenters. The Bertz CT molecular complexity index is 790. The monoisotopic (exact) mass is 356 g/mol. The quantitative estimate of drug-likeness (QED) is 0.827. The molecular formula is C20H28N4O2. The molecule has 0 N–H and O–H groups in total. The molecule has 1 saturated heterocycles. The molecule has 2 aromatic heterocycles. The first-order valence-corrected chi connectivity index (χ1v) is 9.54. The predicted octanol–water partition coefficient (Wildman–Crippen LogP) is 3.08. The molecule has 3 rings (SSSR count). The predicted molar refractivity (Wildman–Crippen MR) is 101 cm³/mol. The van der Waals surface area contributed by atoms with Gasteiger partial charge in [0.1, 0.15) is 0 Å². The Morgan fingerprint density at radius 2 is 2.00 bits per heavy atom. The molecule has 1 aliphatic rings. The topological polar surface area (TPSA) is 57.9 Å². The standard InChI is InChI=1S/C20H28N4O2/c1-4-5-11-22(3)19(25)17-16-8-6-7-12-24(16)18(21-17)20(26)23-13-9-15(2)10-14-23/h6-8,12,15H,4-5,9-11,13-14H2,1-3H3. The Morgan fingerprint density at radius 1 is 1.27 bits per heavy atom. The summed E-state index contributed by atoms with van der Waals surface area (Å²) in [5.41, 5.74) is 1.05. The molecule has 0 atom stereocenters. The number of carbonyl (C=O) groups is 2. The average molecular weight is 356 g/mol. The van der Waals surface area contributed by atoms with Crippen LogP contribution in [0.2, 0.25) is 0 Å². The summed E-state index contributed by atoms with van der Waals surface area (Å²) in [5.74, 6) is 0.768. The van der Waals surface area contributed by atoms with Crippen LogP contribution in [0.25, 0.3) is 5.52 Å². The number of unbranched alkanes of at least 4 members (excludes halogenated alkanes) is 1. The number of fused-ring (bicyclic) bond motifs is 1. The number of likely N-dealkylation sites (tertiary alicyclic amines) is 1. The molecule has 0 aromatic carbocycles. The molecule has 0 radical (unpaired) electrons. The van der Waals surface area contributed by atoms with Crippen LogP contribution in [-0.4, -0.2) is 57.7 Å². The molecule has 0 bridgehead atoms. The van der Waals surface area contributed by atoms with E-state index in [1.165, 1.54) is 0 Å². The summed E-state index contributed by atoms with van der Waals surface area (Å²) in [4.78, 5) is 33.9. The van der Waals surface area contributed by atoms with Gasteiger partial charge in [0, 0.05) is 32.9 Å². The first-order valence-electron chi connectivity index (χ1n) is 9.54. The smallest absolute Gasteiger partial charge is 0.290 e. The molecule has 1 aliphatic heterocycles. The lowest BCUT2D eigenvalue weighted by Gasteiger charge is -2.29. The molecule has 6 nitrogen and oxygen atoms in total. The van der Waals surface area contributed by atoms with E-state index in [-0.39, 0.29) is 11.8 Å². The van der Waals surface area contributed by atoms with Crippen molar-refractivity contribution in [1.29, 1.82) is 0 Å². The first kappa shape index (κ1) is 18.4. The number of piperidine rings is 1. The van der Waals surface area contributed by atoms with Crippen LogP contribution in [-0.2, 0) is 0 Å². The summed E-state index contributed by atoms with van der Waals surface area (Å²) in [6.07, 6.45) is 5.82. The molecule has 0 spiro atoms. The zero-order valence-electron chi connectivity index (χ0n) is 15.9. The number of pyridine rings is 1. The number of imidazole rings is 1. The zero-order chi connectivity index (χ0) is 18.7. The lowest BCUT2D eigenvalue weighted by Crippen LogP contribution is -2.38. The molecule has 6 heteroatoms. The Balaban J connectivity index is 1.92. The number of amides is 2. The summed E-state index contributed by atoms with van der Waals surface area (Å²) in [7, 11) is 1.79. The highest BCUT2D eigenvalue weighted by molar-refractivity contribution is 6.02. The van der Waals surface area contributed by atoms with Crippen molar-refractivity contribution in [3.05, 3.63) is 35.9 Å². The fourth-order valence-corrected chi connectivity index (χ4v) is 3.38. The highest BCUT2D eigenvalue weighted by Gasteiger charge is 2.28. The lowest BCUT2D eigenvalue weighted by molar-refractivity contribution is 0.0684. The van der Waals surface area contributed by atoms with E-state index >= 15 is 0 Å². The molecule has 2 amide bonds. The summed E-state index contributed by atoms with van der Waals surface area (Å²) in [5, 5.41) is 0. The molecule has 1 fully saturated rings. The summed E-state index contributed by atoms with van der Waals surface area (Å²) in [6.45, 7) is 6.51. The number of hydrogen-bond donors (Lipinski definition) is 0. The number of carbonyl (C=O) groups excluding carboxylic acids is 2. The SMILES string of the molecule is CCCCN(C)C(=O)c1nc(C(=O)N2CCC(C)CC2)n2ccccc12. The minimum atomic E-state index is -0.131. The van der Waals surface area contributed by atoms with E-state index < -0.39 is 0 Å². The van der Waals surface area contributed by atoms with E-state index in [0.717, 1.165) is 38.8 Å². The molecule has 140 valence electrons. The lowest BCUT2D eigenvalue weighted by atomic mass is 9.99. The van der Waals surface area contributed by atoms with Gasteiger partial charge >= 0.3 is 0 Å². The third kappa shape index (κ3) is 3.59. The molecule has 2 aromatic rings. The van der Waals surface area contributed by atoms with Gasteiger partial charge in [-0.2, -0.15) is 0 Å². The van der Waals surface area contributed by atoms with Gasteiger partial charge < -0.3 is 9.80 Å². The molecule has 3 heterocycles. The third-order valence-electron chi connectivity index (χ3n) is 5.21. The van der Waals surface area contributed by atoms with E-state index in [4.69, 9.17) is 0 Å². The van der Waals surface area contributed by atoms with Gasteiger partial charge in [-0.3, -0.25) is 14.0 Å². The van der Waals surface area contributed by atoms with Gasteiger partial charge in [0.05, 0.1) is 5.52 Å². The van der Waals surface area contributed by atoms with Crippen molar-refractivity contribution >= 4 is 17.3 Å². The minimum absolute atomic E-state index is 0.0895. The van der Waals surface area contributed by atoms with E-state index in [1.807, 2.05) is 29.3 Å². The largest absolute Gasteiger partial charge is 0.340 e. The number of rotatable bonds is 5. The van der Waals surface area contributed by atoms with Crippen LogP contribution in [0.1, 0.15) is 60.6 Å². The van der Waals surface area contributed by atoms with Crippen LogP contribution in [0.3, 0.4) is 0 Å². The summed E-state index contributed by atoms with van der Waals surface area (Å²) < 4.78 is 1.75. The molecule has 26 heavy (non-hydrogen) atoms. The first-order chi connectivity index (χ1) is 12.5. The van der Waals surface area contributed by atoms with Crippen molar-refractivity contribution in [3.8, 4) is 0 Å². The second kappa shape index (κ2) is 7.89. The van der Waals surface area contributed by atoms with Crippen molar-refractivity contribution in [1.82, 2.24) is 19.2 Å². The minimum Gasteiger partial charge on any atom is -0.340 e. The van der Waals surface area contributed by atoms with Crippen LogP contribution in [0.4, 0.5) is 0 Å². The number of hydrogen-bond acceptors (Lipinski definition) is 3. The van der Waals surface area contributed by atoms with Crippen LogP contribution in [0, 0.1) is 5.92 Å². The number of aromatic nitrogens is 2. The number of nitrogens with zero attached hydrogens (tertiary/aromatic N) is 4. The van der Waals surface area contributed by atoms with Gasteiger partial charge in [-0.05, 0) is 37.3 Å². The highest BCUT2D eigenvalue weighted by Crippen LogP contribution is 2.20. The van der Waals surface area contributed by atoms with E-state index in [2.05, 4.69) is 18.8 Å². The van der Waals surface area contributed by atoms with E-state index in [1.54, 1.807) is 16.3 Å². The van der Waals surface area contributed by atoms with Gasteiger partial charge in [-0.1, -0.05) is 26.3 Å². The Morgan fingerprint density at radius 3 is 2.69 bits per heavy atom. The van der Waals surface area contributed by atoms with Crippen LogP contribution < -0.4 is 0 Å². The summed E-state index contributed by atoms with van der Waals surface area (Å²) >= 11 is 0. The van der Waals surface area contributed by atoms with Crippen LogP contribution >= 0.6 is 0 Å². The Kier molecular flexibility index (Phi) is 5.59.